The Labute approximate surface area is 224 Å². The van der Waals surface area contributed by atoms with E-state index in [1.165, 1.54) is 18.2 Å². The van der Waals surface area contributed by atoms with E-state index in [-0.39, 0.29) is 9.79 Å². The van der Waals surface area contributed by atoms with Gasteiger partial charge in [-0.05, 0) is 54.8 Å². The largest absolute Gasteiger partial charge is 0.488 e. The molecular weight excluding hydrogens is 524 g/mol. The molecule has 0 unspecified atom stereocenters. The molecule has 0 radical (unpaired) electrons. The molecule has 0 saturated carbocycles. The highest BCUT2D eigenvalue weighted by atomic mass is 32.2. The Morgan fingerprint density at radius 2 is 1.37 bits per heavy atom. The molecule has 200 valence electrons. The number of ether oxygens (including phenoxy) is 1. The number of benzene rings is 4. The van der Waals surface area contributed by atoms with Crippen LogP contribution in [-0.2, 0) is 37.4 Å². The van der Waals surface area contributed by atoms with E-state index in [1.54, 1.807) is 30.3 Å². The van der Waals surface area contributed by atoms with E-state index in [9.17, 15) is 21.4 Å². The summed E-state index contributed by atoms with van der Waals surface area (Å²) in [6.07, 6.45) is 0.834. The summed E-state index contributed by atoms with van der Waals surface area (Å²) in [5, 5.41) is 0. The molecule has 0 aliphatic carbocycles. The summed E-state index contributed by atoms with van der Waals surface area (Å²) in [7, 11) is -6.71. The van der Waals surface area contributed by atoms with Crippen molar-refractivity contribution < 1.29 is 30.3 Å². The van der Waals surface area contributed by atoms with E-state index in [0.717, 1.165) is 30.2 Å². The molecule has 4 aromatic carbocycles. The van der Waals surface area contributed by atoms with Gasteiger partial charge in [0.25, 0.3) is 20.2 Å². The quantitative estimate of drug-likeness (QED) is 0.208. The van der Waals surface area contributed by atoms with Gasteiger partial charge in [0.15, 0.2) is 0 Å². The average Bonchev–Trinajstić information content (AvgIpc) is 2.92. The monoisotopic (exact) mass is 554 g/mol. The van der Waals surface area contributed by atoms with Crippen molar-refractivity contribution in [3.8, 4) is 16.9 Å². The van der Waals surface area contributed by atoms with Crippen LogP contribution in [0.3, 0.4) is 0 Å². The molecule has 9 heteroatoms. The van der Waals surface area contributed by atoms with Gasteiger partial charge in [-0.2, -0.15) is 16.8 Å². The summed E-state index contributed by atoms with van der Waals surface area (Å²) in [6.45, 7) is 4.29. The number of hydrogen-bond donors (Lipinski definition) is 1. The van der Waals surface area contributed by atoms with Gasteiger partial charge in [0.1, 0.15) is 17.3 Å². The molecular formula is C29H30O7S2. The van der Waals surface area contributed by atoms with Crippen LogP contribution in [0.4, 0.5) is 0 Å². The van der Waals surface area contributed by atoms with Crippen LogP contribution in [-0.4, -0.2) is 28.5 Å². The Morgan fingerprint density at radius 1 is 0.737 bits per heavy atom. The minimum absolute atomic E-state index is 0.123. The minimum Gasteiger partial charge on any atom is -0.488 e. The van der Waals surface area contributed by atoms with Gasteiger partial charge < -0.3 is 4.74 Å². The predicted octanol–water partition coefficient (Wildman–Crippen LogP) is 6.07. The van der Waals surface area contributed by atoms with Crippen LogP contribution in [0.2, 0.25) is 0 Å². The second-order valence-corrected chi connectivity index (χ2v) is 11.5. The maximum absolute atomic E-state index is 11.9. The predicted molar refractivity (Wildman–Crippen MR) is 147 cm³/mol. The summed E-state index contributed by atoms with van der Waals surface area (Å²) in [5.74, 6) is 0.591. The van der Waals surface area contributed by atoms with E-state index in [0.29, 0.717) is 23.5 Å². The smallest absolute Gasteiger partial charge is 0.296 e. The lowest BCUT2D eigenvalue weighted by atomic mass is 10.00. The average molecular weight is 555 g/mol. The van der Waals surface area contributed by atoms with Crippen LogP contribution in [0, 0.1) is 6.92 Å². The van der Waals surface area contributed by atoms with Crippen molar-refractivity contribution in [3.63, 3.8) is 0 Å². The van der Waals surface area contributed by atoms with Crippen LogP contribution >= 0.6 is 0 Å². The molecule has 0 aromatic heterocycles. The summed E-state index contributed by atoms with van der Waals surface area (Å²) in [5.41, 5.74) is 4.07. The topological polar surface area (TPSA) is 107 Å². The standard InChI is InChI=1S/C22H22O4S.C7H8O3S/c1-3-17-10-11-19(20-13-16(2)9-12-22(20)27(23,24)25)21(14-17)26-15-18-7-5-4-6-8-18;1-10-11(8,9)7-5-3-2-4-6-7/h4-14H,3,15H2,1-2H3,(H,23,24,25);2-6H,1H3. The maximum Gasteiger partial charge on any atom is 0.296 e. The molecule has 0 spiro atoms. The molecule has 0 bridgehead atoms. The molecule has 4 aromatic rings. The summed E-state index contributed by atoms with van der Waals surface area (Å²) in [6, 6.07) is 28.3. The zero-order chi connectivity index (χ0) is 27.8. The maximum atomic E-state index is 11.9. The third-order valence-corrected chi connectivity index (χ3v) is 7.85. The summed E-state index contributed by atoms with van der Waals surface area (Å²) >= 11 is 0. The van der Waals surface area contributed by atoms with Gasteiger partial charge in [-0.1, -0.05) is 79.2 Å². The lowest BCUT2D eigenvalue weighted by Crippen LogP contribution is -2.03. The van der Waals surface area contributed by atoms with Crippen molar-refractivity contribution in [2.24, 2.45) is 0 Å². The fraction of sp³-hybridized carbons (Fsp3) is 0.172. The van der Waals surface area contributed by atoms with Crippen molar-refractivity contribution in [2.75, 3.05) is 7.11 Å². The van der Waals surface area contributed by atoms with E-state index < -0.39 is 20.2 Å². The molecule has 0 atom stereocenters. The normalized spacial score (nSPS) is 11.4. The highest BCUT2D eigenvalue weighted by Crippen LogP contribution is 2.36. The first-order valence-electron chi connectivity index (χ1n) is 11.8. The summed E-state index contributed by atoms with van der Waals surface area (Å²) < 4.78 is 65.7. The molecule has 0 saturated heterocycles. The Balaban J connectivity index is 0.000000304. The molecule has 0 heterocycles. The Hall–Kier alpha value is -3.50. The Morgan fingerprint density at radius 3 is 1.95 bits per heavy atom. The first-order chi connectivity index (χ1) is 18.0. The molecule has 7 nitrogen and oxygen atoms in total. The van der Waals surface area contributed by atoms with Gasteiger partial charge in [-0.3, -0.25) is 8.74 Å². The van der Waals surface area contributed by atoms with E-state index in [1.807, 2.05) is 62.4 Å². The van der Waals surface area contributed by atoms with Gasteiger partial charge in [0.05, 0.1) is 12.0 Å². The van der Waals surface area contributed by atoms with E-state index in [2.05, 4.69) is 4.18 Å². The highest BCUT2D eigenvalue weighted by Gasteiger charge is 2.20. The van der Waals surface area contributed by atoms with Gasteiger partial charge in [-0.25, -0.2) is 0 Å². The van der Waals surface area contributed by atoms with Crippen molar-refractivity contribution in [1.29, 1.82) is 0 Å². The second-order valence-electron chi connectivity index (χ2n) is 8.37. The van der Waals surface area contributed by atoms with Gasteiger partial charge in [-0.15, -0.1) is 0 Å². The molecule has 4 rings (SSSR count). The zero-order valence-corrected chi connectivity index (χ0v) is 23.0. The first-order valence-corrected chi connectivity index (χ1v) is 14.6. The van der Waals surface area contributed by atoms with Crippen LogP contribution in [0.1, 0.15) is 23.6 Å². The van der Waals surface area contributed by atoms with E-state index in [4.69, 9.17) is 4.74 Å². The molecule has 38 heavy (non-hydrogen) atoms. The fourth-order valence-electron chi connectivity index (χ4n) is 3.63. The van der Waals surface area contributed by atoms with Gasteiger partial charge >= 0.3 is 0 Å². The lowest BCUT2D eigenvalue weighted by molar-refractivity contribution is 0.307. The van der Waals surface area contributed by atoms with E-state index >= 15 is 0 Å². The molecule has 1 N–H and O–H groups in total. The molecule has 0 fully saturated rings. The third kappa shape index (κ3) is 7.75. The van der Waals surface area contributed by atoms with Crippen molar-refractivity contribution >= 4 is 20.2 Å². The number of hydrogen-bond acceptors (Lipinski definition) is 6. The first kappa shape index (κ1) is 29.1. The van der Waals surface area contributed by atoms with Crippen molar-refractivity contribution in [1.82, 2.24) is 0 Å². The lowest BCUT2D eigenvalue weighted by Gasteiger charge is -2.16. The van der Waals surface area contributed by atoms with Crippen LogP contribution < -0.4 is 4.74 Å². The van der Waals surface area contributed by atoms with Crippen molar-refractivity contribution in [2.45, 2.75) is 36.7 Å². The third-order valence-electron chi connectivity index (χ3n) is 5.65. The second kappa shape index (κ2) is 12.8. The highest BCUT2D eigenvalue weighted by molar-refractivity contribution is 7.86. The minimum atomic E-state index is -4.35. The number of rotatable bonds is 8. The van der Waals surface area contributed by atoms with Crippen LogP contribution in [0.5, 0.6) is 5.75 Å². The Kier molecular flexibility index (Phi) is 9.82. The van der Waals surface area contributed by atoms with Crippen LogP contribution in [0.15, 0.2) is 107 Å². The van der Waals surface area contributed by atoms with Crippen LogP contribution in [0.25, 0.3) is 11.1 Å². The SMILES string of the molecule is CCc1ccc(-c2cc(C)ccc2S(=O)(=O)O)c(OCc2ccccc2)c1.COS(=O)(=O)c1ccccc1. The van der Waals surface area contributed by atoms with Gasteiger partial charge in [0.2, 0.25) is 0 Å². The number of aryl methyl sites for hydroxylation is 2. The fourth-order valence-corrected chi connectivity index (χ4v) is 5.00. The summed E-state index contributed by atoms with van der Waals surface area (Å²) in [4.78, 5) is 0.0596. The zero-order valence-electron chi connectivity index (χ0n) is 21.4. The molecule has 0 aliphatic heterocycles. The van der Waals surface area contributed by atoms with Crippen molar-refractivity contribution in [3.05, 3.63) is 114 Å². The molecule has 0 amide bonds. The Bertz CT molecular complexity index is 1570. The molecule has 0 aliphatic rings. The van der Waals surface area contributed by atoms with Gasteiger partial charge in [0, 0.05) is 11.1 Å².